The Morgan fingerprint density at radius 2 is 2.25 bits per heavy atom. The zero-order valence-corrected chi connectivity index (χ0v) is 12.2. The van der Waals surface area contributed by atoms with E-state index in [1.807, 2.05) is 13.0 Å². The number of hydrogen-bond acceptors (Lipinski definition) is 6. The van der Waals surface area contributed by atoms with Gasteiger partial charge in [0, 0.05) is 45.1 Å². The third-order valence-corrected chi connectivity index (χ3v) is 3.61. The van der Waals surface area contributed by atoms with Crippen LogP contribution in [0.3, 0.4) is 0 Å². The summed E-state index contributed by atoms with van der Waals surface area (Å²) in [4.78, 5) is 2.23. The molecule has 0 amide bonds. The summed E-state index contributed by atoms with van der Waals surface area (Å²) in [5, 5.41) is 14.0. The van der Waals surface area contributed by atoms with E-state index >= 15 is 0 Å². The fourth-order valence-electron chi connectivity index (χ4n) is 2.53. The van der Waals surface area contributed by atoms with Gasteiger partial charge in [-0.05, 0) is 6.92 Å². The summed E-state index contributed by atoms with van der Waals surface area (Å²) < 4.78 is 15.6. The second-order valence-electron chi connectivity index (χ2n) is 5.33. The average molecular weight is 284 g/mol. The molecule has 0 saturated carbocycles. The Labute approximate surface area is 119 Å². The molecule has 2 rings (SSSR count). The molecule has 0 unspecified atom stereocenters. The van der Waals surface area contributed by atoms with Crippen molar-refractivity contribution in [1.82, 2.24) is 10.1 Å². The van der Waals surface area contributed by atoms with E-state index in [2.05, 4.69) is 10.1 Å². The fraction of sp³-hybridized carbons (Fsp3) is 0.786. The van der Waals surface area contributed by atoms with Crippen molar-refractivity contribution in [3.8, 4) is 0 Å². The van der Waals surface area contributed by atoms with E-state index < -0.39 is 0 Å². The number of rotatable bonds is 8. The summed E-state index contributed by atoms with van der Waals surface area (Å²) >= 11 is 0. The molecule has 0 bridgehead atoms. The van der Waals surface area contributed by atoms with Gasteiger partial charge in [0.1, 0.15) is 5.76 Å². The zero-order valence-electron chi connectivity index (χ0n) is 12.2. The number of hydrogen-bond donors (Lipinski definition) is 1. The maximum Gasteiger partial charge on any atom is 0.137 e. The van der Waals surface area contributed by atoms with Gasteiger partial charge in [0.2, 0.25) is 0 Å². The maximum absolute atomic E-state index is 10.1. The van der Waals surface area contributed by atoms with Gasteiger partial charge >= 0.3 is 0 Å². The normalized spacial score (nSPS) is 23.6. The second-order valence-corrected chi connectivity index (χ2v) is 5.33. The van der Waals surface area contributed by atoms with Crippen LogP contribution in [0.25, 0.3) is 0 Å². The van der Waals surface area contributed by atoms with Crippen LogP contribution in [0.5, 0.6) is 0 Å². The topological polar surface area (TPSA) is 68.0 Å². The Morgan fingerprint density at radius 3 is 2.95 bits per heavy atom. The predicted molar refractivity (Wildman–Crippen MR) is 73.6 cm³/mol. The van der Waals surface area contributed by atoms with Gasteiger partial charge in [-0.25, -0.2) is 0 Å². The molecular formula is C14H24N2O4. The summed E-state index contributed by atoms with van der Waals surface area (Å²) in [6.07, 6.45) is 0.433. The Balaban J connectivity index is 1.69. The molecule has 1 aliphatic heterocycles. The minimum absolute atomic E-state index is 0.210. The lowest BCUT2D eigenvalue weighted by Gasteiger charge is -2.15. The molecule has 6 heteroatoms. The van der Waals surface area contributed by atoms with Gasteiger partial charge in [0.05, 0.1) is 31.6 Å². The molecule has 1 aliphatic rings. The Hall–Kier alpha value is -0.950. The van der Waals surface area contributed by atoms with Crippen molar-refractivity contribution >= 4 is 0 Å². The first-order valence-electron chi connectivity index (χ1n) is 7.08. The van der Waals surface area contributed by atoms with Crippen LogP contribution in [0.2, 0.25) is 0 Å². The van der Waals surface area contributed by atoms with Crippen LogP contribution in [-0.2, 0) is 15.9 Å². The number of aromatic nitrogens is 1. The molecular weight excluding hydrogens is 260 g/mol. The molecule has 1 fully saturated rings. The first kappa shape index (κ1) is 15.4. The molecule has 20 heavy (non-hydrogen) atoms. The maximum atomic E-state index is 10.1. The average Bonchev–Trinajstić information content (AvgIpc) is 2.97. The second kappa shape index (κ2) is 7.73. The summed E-state index contributed by atoms with van der Waals surface area (Å²) in [5.74, 6) is 1.06. The SMILES string of the molecule is COCCOCCN1C[C@@H](Cc2cc(C)no2)[C@H](O)C1. The number of likely N-dealkylation sites (tertiary alicyclic amines) is 1. The molecule has 2 heterocycles. The lowest BCUT2D eigenvalue weighted by Crippen LogP contribution is -2.26. The van der Waals surface area contributed by atoms with Crippen LogP contribution in [-0.4, -0.2) is 67.8 Å². The van der Waals surface area contributed by atoms with Gasteiger partial charge in [-0.15, -0.1) is 0 Å². The van der Waals surface area contributed by atoms with Gasteiger partial charge in [-0.3, -0.25) is 4.90 Å². The van der Waals surface area contributed by atoms with Crippen molar-refractivity contribution < 1.29 is 19.1 Å². The molecule has 0 radical (unpaired) electrons. The first-order valence-corrected chi connectivity index (χ1v) is 7.08. The lowest BCUT2D eigenvalue weighted by molar-refractivity contribution is 0.0584. The number of aryl methyl sites for hydroxylation is 1. The molecule has 114 valence electrons. The van der Waals surface area contributed by atoms with Gasteiger partial charge < -0.3 is 19.1 Å². The smallest absolute Gasteiger partial charge is 0.137 e. The van der Waals surface area contributed by atoms with Gasteiger partial charge in [-0.1, -0.05) is 5.16 Å². The highest BCUT2D eigenvalue weighted by Crippen LogP contribution is 2.21. The van der Waals surface area contributed by atoms with E-state index in [0.717, 1.165) is 31.0 Å². The van der Waals surface area contributed by atoms with E-state index in [4.69, 9.17) is 14.0 Å². The Bertz CT molecular complexity index is 396. The van der Waals surface area contributed by atoms with Crippen molar-refractivity contribution in [3.05, 3.63) is 17.5 Å². The van der Waals surface area contributed by atoms with E-state index in [9.17, 15) is 5.11 Å². The van der Waals surface area contributed by atoms with E-state index in [-0.39, 0.29) is 12.0 Å². The summed E-state index contributed by atoms with van der Waals surface area (Å²) in [7, 11) is 1.66. The minimum Gasteiger partial charge on any atom is -0.391 e. The van der Waals surface area contributed by atoms with Gasteiger partial charge in [0.15, 0.2) is 0 Å². The molecule has 1 N–H and O–H groups in total. The number of methoxy groups -OCH3 is 1. The highest BCUT2D eigenvalue weighted by atomic mass is 16.5. The Kier molecular flexibility index (Phi) is 5.97. The van der Waals surface area contributed by atoms with Crippen LogP contribution in [0.15, 0.2) is 10.6 Å². The van der Waals surface area contributed by atoms with Crippen LogP contribution in [0.4, 0.5) is 0 Å². The predicted octanol–water partition coefficient (Wildman–Crippen LogP) is 0.481. The Morgan fingerprint density at radius 1 is 1.40 bits per heavy atom. The summed E-state index contributed by atoms with van der Waals surface area (Å²) in [5.41, 5.74) is 0.885. The number of ether oxygens (including phenoxy) is 2. The van der Waals surface area contributed by atoms with Gasteiger partial charge in [0.25, 0.3) is 0 Å². The van der Waals surface area contributed by atoms with Crippen molar-refractivity contribution in [2.45, 2.75) is 19.4 Å². The number of nitrogens with zero attached hydrogens (tertiary/aromatic N) is 2. The molecule has 6 nitrogen and oxygen atoms in total. The number of aliphatic hydroxyl groups is 1. The van der Waals surface area contributed by atoms with E-state index in [1.165, 1.54) is 0 Å². The van der Waals surface area contributed by atoms with Crippen LogP contribution in [0.1, 0.15) is 11.5 Å². The van der Waals surface area contributed by atoms with Gasteiger partial charge in [-0.2, -0.15) is 0 Å². The molecule has 0 spiro atoms. The van der Waals surface area contributed by atoms with Crippen LogP contribution in [0, 0.1) is 12.8 Å². The monoisotopic (exact) mass is 284 g/mol. The largest absolute Gasteiger partial charge is 0.391 e. The summed E-state index contributed by atoms with van der Waals surface area (Å²) in [6.45, 7) is 6.22. The van der Waals surface area contributed by atoms with Crippen molar-refractivity contribution in [1.29, 1.82) is 0 Å². The highest BCUT2D eigenvalue weighted by molar-refractivity contribution is 5.05. The fourth-order valence-corrected chi connectivity index (χ4v) is 2.53. The van der Waals surface area contributed by atoms with Crippen LogP contribution >= 0.6 is 0 Å². The zero-order chi connectivity index (χ0) is 14.4. The van der Waals surface area contributed by atoms with E-state index in [0.29, 0.717) is 26.4 Å². The molecule has 0 aliphatic carbocycles. The molecule has 1 saturated heterocycles. The summed E-state index contributed by atoms with van der Waals surface area (Å²) in [6, 6.07) is 1.93. The van der Waals surface area contributed by atoms with E-state index in [1.54, 1.807) is 7.11 Å². The molecule has 1 aromatic heterocycles. The van der Waals surface area contributed by atoms with Crippen molar-refractivity contribution in [3.63, 3.8) is 0 Å². The molecule has 2 atom stereocenters. The van der Waals surface area contributed by atoms with Crippen molar-refractivity contribution in [2.24, 2.45) is 5.92 Å². The third-order valence-electron chi connectivity index (χ3n) is 3.61. The third kappa shape index (κ3) is 4.56. The minimum atomic E-state index is -0.306. The number of β-amino-alcohol motifs (C(OH)–C–C–N with tert-alkyl or cyclic N) is 1. The molecule has 1 aromatic rings. The quantitative estimate of drug-likeness (QED) is 0.700. The number of aliphatic hydroxyl groups excluding tert-OH is 1. The highest BCUT2D eigenvalue weighted by Gasteiger charge is 2.31. The first-order chi connectivity index (χ1) is 9.69. The standard InChI is InChI=1S/C14H24N2O4/c1-11-7-13(20-15-11)8-12-9-16(10-14(12)17)3-4-19-6-5-18-2/h7,12,14,17H,3-6,8-10H2,1-2H3/t12-,14-/m1/s1. The molecule has 0 aromatic carbocycles. The lowest BCUT2D eigenvalue weighted by atomic mass is 10.0. The van der Waals surface area contributed by atoms with Crippen molar-refractivity contribution in [2.75, 3.05) is 46.6 Å². The van der Waals surface area contributed by atoms with Crippen LogP contribution < -0.4 is 0 Å².